The summed E-state index contributed by atoms with van der Waals surface area (Å²) in [5, 5.41) is 13.0. The number of aliphatic hydroxyl groups excluding tert-OH is 1. The second-order valence-corrected chi connectivity index (χ2v) is 11.3. The number of hydrogen-bond acceptors (Lipinski definition) is 5. The predicted octanol–water partition coefficient (Wildman–Crippen LogP) is 6.20. The number of carbonyl (C=O) groups is 2. The van der Waals surface area contributed by atoms with Crippen LogP contribution in [0.3, 0.4) is 0 Å². The minimum atomic E-state index is -0.687. The Kier molecular flexibility index (Phi) is 12.0. The van der Waals surface area contributed by atoms with E-state index in [0.29, 0.717) is 12.0 Å². The quantitative estimate of drug-likeness (QED) is 0.305. The van der Waals surface area contributed by atoms with Crippen LogP contribution in [0.5, 0.6) is 0 Å². The van der Waals surface area contributed by atoms with Crippen LogP contribution in [0, 0.1) is 18.8 Å². The maximum absolute atomic E-state index is 13.4. The Hall–Kier alpha value is -2.31. The van der Waals surface area contributed by atoms with Crippen LogP contribution < -0.4 is 5.32 Å². The minimum Gasteiger partial charge on any atom is -0.467 e. The zero-order valence-electron chi connectivity index (χ0n) is 22.6. The molecule has 0 bridgehead atoms. The van der Waals surface area contributed by atoms with E-state index in [0.717, 1.165) is 46.8 Å². The van der Waals surface area contributed by atoms with Crippen LogP contribution in [0.25, 0.3) is 11.1 Å². The van der Waals surface area contributed by atoms with Crippen molar-refractivity contribution >= 4 is 23.6 Å². The molecule has 2 N–H and O–H groups in total. The lowest BCUT2D eigenvalue weighted by molar-refractivity contribution is -0.142. The van der Waals surface area contributed by atoms with Crippen molar-refractivity contribution in [1.29, 1.82) is 0 Å². The maximum Gasteiger partial charge on any atom is 0.328 e. The van der Waals surface area contributed by atoms with Gasteiger partial charge in [0.2, 0.25) is 0 Å². The summed E-state index contributed by atoms with van der Waals surface area (Å²) in [4.78, 5) is 25.8. The number of thioether (sulfide) groups is 1. The Bertz CT molecular complexity index is 1020. The predicted molar refractivity (Wildman–Crippen MR) is 153 cm³/mol. The number of nitrogens with one attached hydrogen (secondary N) is 1. The number of esters is 1. The molecular formula is C31H43NO4S. The molecule has 1 aliphatic carbocycles. The van der Waals surface area contributed by atoms with Crippen molar-refractivity contribution in [2.75, 3.05) is 25.7 Å². The first kappa shape index (κ1) is 29.2. The summed E-state index contributed by atoms with van der Waals surface area (Å²) in [5.74, 6) is 1.04. The average molecular weight is 526 g/mol. The summed E-state index contributed by atoms with van der Waals surface area (Å²) in [6.07, 6.45) is 12.2. The third kappa shape index (κ3) is 8.61. The van der Waals surface area contributed by atoms with Gasteiger partial charge in [-0.15, -0.1) is 0 Å². The van der Waals surface area contributed by atoms with E-state index in [1.807, 2.05) is 49.6 Å². The third-order valence-electron chi connectivity index (χ3n) is 7.66. The van der Waals surface area contributed by atoms with Gasteiger partial charge in [-0.3, -0.25) is 4.79 Å². The molecule has 1 saturated carbocycles. The van der Waals surface area contributed by atoms with Crippen molar-refractivity contribution in [3.63, 3.8) is 0 Å². The summed E-state index contributed by atoms with van der Waals surface area (Å²) in [7, 11) is 1.35. The first-order valence-corrected chi connectivity index (χ1v) is 15.0. The van der Waals surface area contributed by atoms with Crippen molar-refractivity contribution in [1.82, 2.24) is 5.32 Å². The Morgan fingerprint density at radius 2 is 1.84 bits per heavy atom. The molecule has 202 valence electrons. The highest BCUT2D eigenvalue weighted by molar-refractivity contribution is 7.98. The van der Waals surface area contributed by atoms with Gasteiger partial charge in [0.15, 0.2) is 0 Å². The largest absolute Gasteiger partial charge is 0.467 e. The van der Waals surface area contributed by atoms with E-state index in [-0.39, 0.29) is 18.4 Å². The summed E-state index contributed by atoms with van der Waals surface area (Å²) >= 11 is 1.63. The molecule has 6 heteroatoms. The van der Waals surface area contributed by atoms with Crippen LogP contribution in [0.4, 0.5) is 0 Å². The molecule has 2 aromatic carbocycles. The fourth-order valence-electron chi connectivity index (χ4n) is 5.42. The molecule has 0 saturated heterocycles. The van der Waals surface area contributed by atoms with Crippen LogP contribution in [0.15, 0.2) is 42.5 Å². The zero-order chi connectivity index (χ0) is 26.6. The molecule has 0 aliphatic heterocycles. The topological polar surface area (TPSA) is 75.6 Å². The fraction of sp³-hybridized carbons (Fsp3) is 0.548. The molecule has 0 aromatic heterocycles. The Balaban J connectivity index is 1.83. The molecular weight excluding hydrogens is 482 g/mol. The number of ether oxygens (including phenoxy) is 1. The van der Waals surface area contributed by atoms with Gasteiger partial charge in [-0.25, -0.2) is 4.79 Å². The third-order valence-corrected chi connectivity index (χ3v) is 8.30. The Labute approximate surface area is 226 Å². The number of carbonyl (C=O) groups excluding carboxylic acids is 2. The minimum absolute atomic E-state index is 0.172. The lowest BCUT2D eigenvalue weighted by Gasteiger charge is -2.24. The van der Waals surface area contributed by atoms with E-state index in [1.165, 1.54) is 45.6 Å². The zero-order valence-corrected chi connectivity index (χ0v) is 23.4. The maximum atomic E-state index is 13.4. The summed E-state index contributed by atoms with van der Waals surface area (Å²) in [5.41, 5.74) is 4.58. The summed E-state index contributed by atoms with van der Waals surface area (Å²) < 4.78 is 4.94. The fourth-order valence-corrected chi connectivity index (χ4v) is 5.89. The average Bonchev–Trinajstić information content (AvgIpc) is 2.93. The van der Waals surface area contributed by atoms with Crippen molar-refractivity contribution in [3.05, 3.63) is 59.2 Å². The lowest BCUT2D eigenvalue weighted by Crippen LogP contribution is -2.42. The van der Waals surface area contributed by atoms with Crippen LogP contribution in [0.1, 0.15) is 72.9 Å². The van der Waals surface area contributed by atoms with Crippen LogP contribution in [0.2, 0.25) is 0 Å². The number of hydrogen-bond donors (Lipinski definition) is 2. The smallest absolute Gasteiger partial charge is 0.328 e. The molecule has 2 atom stereocenters. The molecule has 1 fully saturated rings. The molecule has 0 spiro atoms. The van der Waals surface area contributed by atoms with Gasteiger partial charge in [-0.05, 0) is 78.4 Å². The number of rotatable bonds is 13. The number of benzene rings is 2. The van der Waals surface area contributed by atoms with Gasteiger partial charge < -0.3 is 15.2 Å². The van der Waals surface area contributed by atoms with Gasteiger partial charge in [0.25, 0.3) is 5.91 Å². The SMILES string of the molecule is COC(=O)[C@H](CCSC)NC(=O)c1ccc(CC(CO)CCC2CCCCC2)cc1-c1ccccc1C. The van der Waals surface area contributed by atoms with Gasteiger partial charge in [0.1, 0.15) is 6.04 Å². The van der Waals surface area contributed by atoms with Gasteiger partial charge in [-0.2, -0.15) is 11.8 Å². The Morgan fingerprint density at radius 3 is 2.51 bits per heavy atom. The monoisotopic (exact) mass is 525 g/mol. The van der Waals surface area contributed by atoms with Crippen LogP contribution in [-0.2, 0) is 16.0 Å². The van der Waals surface area contributed by atoms with E-state index in [4.69, 9.17) is 4.74 Å². The highest BCUT2D eigenvalue weighted by Crippen LogP contribution is 2.32. The highest BCUT2D eigenvalue weighted by Gasteiger charge is 2.24. The molecule has 0 heterocycles. The molecule has 0 radical (unpaired) electrons. The van der Waals surface area contributed by atoms with Crippen molar-refractivity contribution in [2.24, 2.45) is 11.8 Å². The number of amides is 1. The van der Waals surface area contributed by atoms with Gasteiger partial charge >= 0.3 is 5.97 Å². The van der Waals surface area contributed by atoms with Gasteiger partial charge in [-0.1, -0.05) is 74.9 Å². The number of aryl methyl sites for hydroxylation is 1. The number of methoxy groups -OCH3 is 1. The van der Waals surface area contributed by atoms with E-state index >= 15 is 0 Å². The van der Waals surface area contributed by atoms with Gasteiger partial charge in [0, 0.05) is 12.2 Å². The molecule has 37 heavy (non-hydrogen) atoms. The second-order valence-electron chi connectivity index (χ2n) is 10.4. The van der Waals surface area contributed by atoms with Crippen LogP contribution in [-0.4, -0.2) is 48.8 Å². The van der Waals surface area contributed by atoms with Gasteiger partial charge in [0.05, 0.1) is 7.11 Å². The normalized spacial score (nSPS) is 15.7. The Morgan fingerprint density at radius 1 is 1.08 bits per heavy atom. The van der Waals surface area contributed by atoms with E-state index in [9.17, 15) is 14.7 Å². The van der Waals surface area contributed by atoms with Crippen LogP contribution >= 0.6 is 11.8 Å². The molecule has 1 unspecified atom stereocenters. The van der Waals surface area contributed by atoms with Crippen molar-refractivity contribution in [2.45, 2.75) is 70.8 Å². The second kappa shape index (κ2) is 15.2. The molecule has 1 amide bonds. The molecule has 3 rings (SSSR count). The van der Waals surface area contributed by atoms with Crippen molar-refractivity contribution in [3.8, 4) is 11.1 Å². The summed E-state index contributed by atoms with van der Waals surface area (Å²) in [6, 6.07) is 13.3. The standard InChI is InChI=1S/C31H43NO4S/c1-22-9-7-8-12-26(22)28-20-24(19-25(21-33)14-13-23-10-5-4-6-11-23)15-16-27(28)30(34)32-29(17-18-37-3)31(35)36-2/h7-9,12,15-16,20,23,25,29,33H,4-6,10-11,13-14,17-19,21H2,1-3H3,(H,32,34)/t25?,29-/m0/s1. The molecule has 5 nitrogen and oxygen atoms in total. The van der Waals surface area contributed by atoms with E-state index in [1.54, 1.807) is 11.8 Å². The lowest BCUT2D eigenvalue weighted by atomic mass is 9.83. The molecule has 2 aromatic rings. The molecule has 1 aliphatic rings. The first-order valence-electron chi connectivity index (χ1n) is 13.6. The van der Waals surface area contributed by atoms with E-state index in [2.05, 4.69) is 11.4 Å². The summed E-state index contributed by atoms with van der Waals surface area (Å²) in [6.45, 7) is 2.21. The van der Waals surface area contributed by atoms with Crippen molar-refractivity contribution < 1.29 is 19.4 Å². The highest BCUT2D eigenvalue weighted by atomic mass is 32.2. The number of aliphatic hydroxyl groups is 1. The first-order chi connectivity index (χ1) is 18.0. The van der Waals surface area contributed by atoms with E-state index < -0.39 is 12.0 Å².